The average Bonchev–Trinajstić information content (AvgIpc) is 2.30. The molecule has 0 saturated heterocycles. The molecule has 2 heteroatoms. The zero-order chi connectivity index (χ0) is 9.80. The van der Waals surface area contributed by atoms with Crippen LogP contribution in [0.4, 0.5) is 0 Å². The van der Waals surface area contributed by atoms with Gasteiger partial charge in [0.1, 0.15) is 0 Å². The van der Waals surface area contributed by atoms with Crippen molar-refractivity contribution in [3.63, 3.8) is 0 Å². The lowest BCUT2D eigenvalue weighted by Gasteiger charge is -2.14. The van der Waals surface area contributed by atoms with Crippen LogP contribution in [0.25, 0.3) is 5.57 Å². The summed E-state index contributed by atoms with van der Waals surface area (Å²) in [6.45, 7) is 0. The lowest BCUT2D eigenvalue weighted by Crippen LogP contribution is -2.06. The summed E-state index contributed by atoms with van der Waals surface area (Å²) in [6, 6.07) is 10.1. The summed E-state index contributed by atoms with van der Waals surface area (Å²) in [4.78, 5) is 0. The van der Waals surface area contributed by atoms with Crippen LogP contribution in [0.3, 0.4) is 0 Å². The third-order valence-electron chi connectivity index (χ3n) is 2.48. The third kappa shape index (κ3) is 1.69. The van der Waals surface area contributed by atoms with Gasteiger partial charge in [0.15, 0.2) is 0 Å². The Labute approximate surface area is 83.6 Å². The normalized spacial score (nSPS) is 19.4. The van der Waals surface area contributed by atoms with Crippen LogP contribution in [-0.4, -0.2) is 10.9 Å². The van der Waals surface area contributed by atoms with E-state index in [1.165, 1.54) is 0 Å². The van der Waals surface area contributed by atoms with Gasteiger partial charge in [0.2, 0.25) is 0 Å². The van der Waals surface area contributed by atoms with E-state index in [0.717, 1.165) is 36.1 Å². The second-order valence-corrected chi connectivity index (χ2v) is 3.42. The van der Waals surface area contributed by atoms with Crippen LogP contribution in [0.15, 0.2) is 41.6 Å². The minimum atomic E-state index is 0.808. The fourth-order valence-corrected chi connectivity index (χ4v) is 1.77. The van der Waals surface area contributed by atoms with Crippen molar-refractivity contribution >= 4 is 11.3 Å². The zero-order valence-electron chi connectivity index (χ0n) is 7.98. The van der Waals surface area contributed by atoms with Crippen LogP contribution < -0.4 is 0 Å². The van der Waals surface area contributed by atoms with Gasteiger partial charge in [-0.15, -0.1) is 0 Å². The van der Waals surface area contributed by atoms with Crippen molar-refractivity contribution in [2.24, 2.45) is 5.16 Å². The highest BCUT2D eigenvalue weighted by atomic mass is 16.4. The smallest absolute Gasteiger partial charge is 0.0870 e. The fraction of sp³-hybridized carbons (Fsp3) is 0.250. The molecule has 1 aliphatic carbocycles. The third-order valence-corrected chi connectivity index (χ3v) is 2.48. The van der Waals surface area contributed by atoms with E-state index >= 15 is 0 Å². The summed E-state index contributed by atoms with van der Waals surface area (Å²) >= 11 is 0. The number of oxime groups is 1. The summed E-state index contributed by atoms with van der Waals surface area (Å²) in [5, 5.41) is 12.2. The highest BCUT2D eigenvalue weighted by molar-refractivity contribution is 6.24. The molecule has 0 bridgehead atoms. The molecular formula is C12H13NO. The molecule has 0 unspecified atom stereocenters. The van der Waals surface area contributed by atoms with Crippen LogP contribution in [-0.2, 0) is 0 Å². The lowest BCUT2D eigenvalue weighted by molar-refractivity contribution is 0.318. The first kappa shape index (κ1) is 9.00. The SMILES string of the molecule is O/N=C1/CCCC=C1c1ccccc1. The molecule has 0 saturated carbocycles. The molecule has 1 aliphatic rings. The highest BCUT2D eigenvalue weighted by Crippen LogP contribution is 2.24. The van der Waals surface area contributed by atoms with Crippen molar-refractivity contribution in [1.29, 1.82) is 0 Å². The van der Waals surface area contributed by atoms with E-state index in [0.29, 0.717) is 0 Å². The minimum absolute atomic E-state index is 0.808. The van der Waals surface area contributed by atoms with E-state index < -0.39 is 0 Å². The van der Waals surface area contributed by atoms with E-state index in [1.54, 1.807) is 0 Å². The van der Waals surface area contributed by atoms with Gasteiger partial charge in [0.05, 0.1) is 5.71 Å². The van der Waals surface area contributed by atoms with Gasteiger partial charge in [-0.1, -0.05) is 41.6 Å². The maximum atomic E-state index is 8.87. The molecule has 0 aromatic heterocycles. The molecule has 1 N–H and O–H groups in total. The monoisotopic (exact) mass is 187 g/mol. The Kier molecular flexibility index (Phi) is 2.63. The topological polar surface area (TPSA) is 32.6 Å². The quantitative estimate of drug-likeness (QED) is 0.531. The Hall–Kier alpha value is -1.57. The van der Waals surface area contributed by atoms with Gasteiger partial charge in [-0.2, -0.15) is 0 Å². The summed E-state index contributed by atoms with van der Waals surface area (Å²) in [5.41, 5.74) is 3.03. The molecule has 0 amide bonds. The first-order chi connectivity index (χ1) is 6.92. The molecule has 0 radical (unpaired) electrons. The molecule has 2 rings (SSSR count). The summed E-state index contributed by atoms with van der Waals surface area (Å²) in [6.07, 6.45) is 5.17. The summed E-state index contributed by atoms with van der Waals surface area (Å²) < 4.78 is 0. The van der Waals surface area contributed by atoms with Gasteiger partial charge in [-0.05, 0) is 24.8 Å². The average molecular weight is 187 g/mol. The van der Waals surface area contributed by atoms with Crippen molar-refractivity contribution < 1.29 is 5.21 Å². The van der Waals surface area contributed by atoms with Crippen LogP contribution in [0, 0.1) is 0 Å². The van der Waals surface area contributed by atoms with Gasteiger partial charge in [-0.3, -0.25) is 0 Å². The van der Waals surface area contributed by atoms with Gasteiger partial charge < -0.3 is 5.21 Å². The van der Waals surface area contributed by atoms with Crippen LogP contribution in [0.5, 0.6) is 0 Å². The largest absolute Gasteiger partial charge is 0.411 e. The van der Waals surface area contributed by atoms with Gasteiger partial charge >= 0.3 is 0 Å². The van der Waals surface area contributed by atoms with E-state index in [-0.39, 0.29) is 0 Å². The number of hydrogen-bond acceptors (Lipinski definition) is 2. The molecule has 0 atom stereocenters. The Morgan fingerprint density at radius 3 is 2.64 bits per heavy atom. The molecule has 0 fully saturated rings. The van der Waals surface area contributed by atoms with E-state index in [2.05, 4.69) is 11.2 Å². The van der Waals surface area contributed by atoms with Gasteiger partial charge in [0, 0.05) is 5.57 Å². The van der Waals surface area contributed by atoms with Crippen LogP contribution in [0.2, 0.25) is 0 Å². The maximum Gasteiger partial charge on any atom is 0.0870 e. The number of hydrogen-bond donors (Lipinski definition) is 1. The van der Waals surface area contributed by atoms with E-state index in [4.69, 9.17) is 5.21 Å². The van der Waals surface area contributed by atoms with E-state index in [9.17, 15) is 0 Å². The molecule has 0 heterocycles. The van der Waals surface area contributed by atoms with Gasteiger partial charge in [0.25, 0.3) is 0 Å². The highest BCUT2D eigenvalue weighted by Gasteiger charge is 2.13. The number of benzene rings is 1. The Bertz CT molecular complexity index is 365. The molecule has 0 spiro atoms. The van der Waals surface area contributed by atoms with Crippen LogP contribution >= 0.6 is 0 Å². The Morgan fingerprint density at radius 1 is 1.14 bits per heavy atom. The molecule has 1 aromatic rings. The molecular weight excluding hydrogens is 174 g/mol. The second-order valence-electron chi connectivity index (χ2n) is 3.42. The zero-order valence-corrected chi connectivity index (χ0v) is 7.98. The van der Waals surface area contributed by atoms with Crippen LogP contribution in [0.1, 0.15) is 24.8 Å². The fourth-order valence-electron chi connectivity index (χ4n) is 1.77. The van der Waals surface area contributed by atoms with E-state index in [1.807, 2.05) is 30.3 Å². The Morgan fingerprint density at radius 2 is 1.93 bits per heavy atom. The molecule has 0 aliphatic heterocycles. The second kappa shape index (κ2) is 4.09. The summed E-state index contributed by atoms with van der Waals surface area (Å²) in [5.74, 6) is 0. The number of nitrogens with zero attached hydrogens (tertiary/aromatic N) is 1. The maximum absolute atomic E-state index is 8.87. The van der Waals surface area contributed by atoms with Crippen molar-refractivity contribution in [2.75, 3.05) is 0 Å². The first-order valence-electron chi connectivity index (χ1n) is 4.88. The molecule has 1 aromatic carbocycles. The first-order valence-corrected chi connectivity index (χ1v) is 4.88. The van der Waals surface area contributed by atoms with Crippen molar-refractivity contribution in [3.05, 3.63) is 42.0 Å². The molecule has 2 nitrogen and oxygen atoms in total. The molecule has 14 heavy (non-hydrogen) atoms. The van der Waals surface area contributed by atoms with Crippen molar-refractivity contribution in [2.45, 2.75) is 19.3 Å². The van der Waals surface area contributed by atoms with Gasteiger partial charge in [-0.25, -0.2) is 0 Å². The Balaban J connectivity index is 2.38. The lowest BCUT2D eigenvalue weighted by atomic mass is 9.92. The minimum Gasteiger partial charge on any atom is -0.411 e. The van der Waals surface area contributed by atoms with Crippen molar-refractivity contribution in [3.8, 4) is 0 Å². The number of allylic oxidation sites excluding steroid dienone is 2. The summed E-state index contributed by atoms with van der Waals surface area (Å²) in [7, 11) is 0. The molecule has 72 valence electrons. The standard InChI is InChI=1S/C12H13NO/c14-13-12-9-5-4-8-11(12)10-6-2-1-3-7-10/h1-3,6-8,14H,4-5,9H2/b13-12-. The van der Waals surface area contributed by atoms with Crippen molar-refractivity contribution in [1.82, 2.24) is 0 Å². The predicted octanol–water partition coefficient (Wildman–Crippen LogP) is 3.08. The predicted molar refractivity (Wildman–Crippen MR) is 57.5 cm³/mol. The number of rotatable bonds is 1.